The number of amides is 2. The number of nitrogens with one attached hydrogen (secondary N) is 1. The number of Topliss-reactive ketones (excluding diaryl/α,β-unsaturated/α-hetero) is 1. The zero-order valence-electron chi connectivity index (χ0n) is 19.7. The number of carboxylic acid groups (broad SMARTS) is 1. The van der Waals surface area contributed by atoms with Gasteiger partial charge in [0.15, 0.2) is 5.78 Å². The van der Waals surface area contributed by atoms with Crippen LogP contribution in [0.4, 0.5) is 11.4 Å². The van der Waals surface area contributed by atoms with Crippen LogP contribution in [0.5, 0.6) is 0 Å². The molecule has 0 aromatic heterocycles. The Morgan fingerprint density at radius 3 is 1.89 bits per heavy atom. The molecule has 0 fully saturated rings. The van der Waals surface area contributed by atoms with Crippen LogP contribution < -0.4 is 10.2 Å². The summed E-state index contributed by atoms with van der Waals surface area (Å²) in [6.07, 6.45) is -0.770. The van der Waals surface area contributed by atoms with Crippen molar-refractivity contribution < 1.29 is 32.7 Å². The predicted octanol–water partition coefficient (Wildman–Crippen LogP) is 3.10. The molecule has 1 unspecified atom stereocenters. The molecule has 35 heavy (non-hydrogen) atoms. The summed E-state index contributed by atoms with van der Waals surface area (Å²) in [5.41, 5.74) is 0.396. The molecule has 2 aromatic rings. The van der Waals surface area contributed by atoms with Crippen LogP contribution in [-0.2, 0) is 29.0 Å². The summed E-state index contributed by atoms with van der Waals surface area (Å²) < 4.78 is 26.2. The second-order valence-electron chi connectivity index (χ2n) is 8.70. The van der Waals surface area contributed by atoms with E-state index in [-0.39, 0.29) is 39.9 Å². The van der Waals surface area contributed by atoms with Gasteiger partial charge in [0.05, 0.1) is 33.6 Å². The molecule has 0 spiro atoms. The lowest BCUT2D eigenvalue weighted by Gasteiger charge is -2.32. The fourth-order valence-corrected chi connectivity index (χ4v) is 5.73. The first-order valence-electron chi connectivity index (χ1n) is 11.3. The van der Waals surface area contributed by atoms with Crippen LogP contribution in [0.15, 0.2) is 58.3 Å². The first-order valence-corrected chi connectivity index (χ1v) is 12.8. The summed E-state index contributed by atoms with van der Waals surface area (Å²) in [5.74, 6) is -3.94. The van der Waals surface area contributed by atoms with E-state index in [9.17, 15) is 27.6 Å². The lowest BCUT2D eigenvalue weighted by atomic mass is 9.90. The summed E-state index contributed by atoms with van der Waals surface area (Å²) in [5, 5.41) is 11.6. The van der Waals surface area contributed by atoms with E-state index in [2.05, 4.69) is 5.32 Å². The number of carbonyl (C=O) groups excluding carboxylic acids is 3. The van der Waals surface area contributed by atoms with Crippen molar-refractivity contribution in [3.8, 4) is 0 Å². The van der Waals surface area contributed by atoms with Gasteiger partial charge in [-0.15, -0.1) is 0 Å². The quantitative estimate of drug-likeness (QED) is 0.539. The molecule has 3 rings (SSSR count). The summed E-state index contributed by atoms with van der Waals surface area (Å²) in [4.78, 5) is 51.3. The summed E-state index contributed by atoms with van der Waals surface area (Å²) >= 11 is 0. The van der Waals surface area contributed by atoms with Gasteiger partial charge in [-0.1, -0.05) is 45.0 Å². The highest BCUT2D eigenvalue weighted by Crippen LogP contribution is 2.44. The van der Waals surface area contributed by atoms with Crippen LogP contribution in [-0.4, -0.2) is 43.1 Å². The third-order valence-electron chi connectivity index (χ3n) is 6.01. The lowest BCUT2D eigenvalue weighted by Crippen LogP contribution is -2.47. The fraction of sp³-hybridized carbons (Fsp3) is 0.360. The molecule has 1 aliphatic rings. The van der Waals surface area contributed by atoms with Crippen LogP contribution >= 0.6 is 0 Å². The van der Waals surface area contributed by atoms with Gasteiger partial charge < -0.3 is 10.4 Å². The Morgan fingerprint density at radius 1 is 0.914 bits per heavy atom. The smallest absolute Gasteiger partial charge is 0.305 e. The Hall–Kier alpha value is -3.53. The maximum absolute atomic E-state index is 13.6. The molecule has 0 aliphatic carbocycles. The van der Waals surface area contributed by atoms with Crippen LogP contribution in [0.3, 0.4) is 0 Å². The molecule has 0 radical (unpaired) electrons. The standard InChI is InChI=1S/C25H28N2O7S/c1-4-20(28)17(14-24(30)31)26-25(32)16(15(2)3)13-23(29)27-18-9-5-7-11-21(18)35(33,34)22-12-8-6-10-19(22)27/h5-12,15-17H,4,13-14H2,1-3H3,(H,26,32)(H,30,31)/t16-,17?/m0/s1. The SMILES string of the molecule is CCC(=O)C(CC(=O)O)NC(=O)[C@@H](CC(=O)N1c2ccccc2S(=O)(=O)c2ccccc21)C(C)C. The minimum atomic E-state index is -3.84. The van der Waals surface area contributed by atoms with E-state index in [1.54, 1.807) is 45.0 Å². The zero-order chi connectivity index (χ0) is 25.9. The number of benzene rings is 2. The van der Waals surface area contributed by atoms with Gasteiger partial charge in [-0.3, -0.25) is 24.1 Å². The number of carboxylic acids is 1. The second kappa shape index (κ2) is 10.4. The molecule has 0 bridgehead atoms. The number of fused-ring (bicyclic) bond motifs is 2. The van der Waals surface area contributed by atoms with Gasteiger partial charge in [-0.2, -0.15) is 0 Å². The van der Waals surface area contributed by atoms with Crippen molar-refractivity contribution in [2.24, 2.45) is 11.8 Å². The number of para-hydroxylation sites is 2. The van der Waals surface area contributed by atoms with E-state index in [4.69, 9.17) is 5.11 Å². The summed E-state index contributed by atoms with van der Waals surface area (Å²) in [6, 6.07) is 11.1. The monoisotopic (exact) mass is 500 g/mol. The number of sulfone groups is 1. The zero-order valence-corrected chi connectivity index (χ0v) is 20.5. The lowest BCUT2D eigenvalue weighted by molar-refractivity contribution is -0.141. The minimum absolute atomic E-state index is 0.00679. The van der Waals surface area contributed by atoms with Gasteiger partial charge in [-0.05, 0) is 30.2 Å². The Morgan fingerprint density at radius 2 is 1.43 bits per heavy atom. The topological polar surface area (TPSA) is 138 Å². The molecular formula is C25H28N2O7S. The minimum Gasteiger partial charge on any atom is -0.481 e. The maximum atomic E-state index is 13.6. The van der Waals surface area contributed by atoms with Crippen molar-refractivity contribution in [1.82, 2.24) is 5.32 Å². The normalized spacial score (nSPS) is 15.5. The molecule has 1 aliphatic heterocycles. The highest BCUT2D eigenvalue weighted by Gasteiger charge is 2.38. The Kier molecular flexibility index (Phi) is 7.74. The van der Waals surface area contributed by atoms with Gasteiger partial charge >= 0.3 is 5.97 Å². The molecule has 0 saturated carbocycles. The van der Waals surface area contributed by atoms with Crippen LogP contribution in [0.1, 0.15) is 40.0 Å². The summed E-state index contributed by atoms with van der Waals surface area (Å²) in [6.45, 7) is 5.06. The first-order chi connectivity index (χ1) is 16.5. The first kappa shape index (κ1) is 26.1. The number of aliphatic carboxylic acids is 1. The molecule has 186 valence electrons. The number of anilines is 2. The Labute approximate surface area is 204 Å². The molecular weight excluding hydrogens is 472 g/mol. The van der Waals surface area contributed by atoms with Crippen molar-refractivity contribution >= 4 is 44.8 Å². The largest absolute Gasteiger partial charge is 0.481 e. The van der Waals surface area contributed by atoms with Crippen molar-refractivity contribution in [3.63, 3.8) is 0 Å². The van der Waals surface area contributed by atoms with E-state index in [0.29, 0.717) is 0 Å². The van der Waals surface area contributed by atoms with E-state index >= 15 is 0 Å². The van der Waals surface area contributed by atoms with E-state index in [0.717, 1.165) is 0 Å². The number of hydrogen-bond donors (Lipinski definition) is 2. The average molecular weight is 501 g/mol. The molecule has 9 nitrogen and oxygen atoms in total. The van der Waals surface area contributed by atoms with Crippen LogP contribution in [0, 0.1) is 11.8 Å². The van der Waals surface area contributed by atoms with Gasteiger partial charge in [0, 0.05) is 18.8 Å². The van der Waals surface area contributed by atoms with Crippen molar-refractivity contribution in [2.75, 3.05) is 4.90 Å². The third-order valence-corrected chi connectivity index (χ3v) is 7.86. The average Bonchev–Trinajstić information content (AvgIpc) is 2.81. The number of nitrogens with zero attached hydrogens (tertiary/aromatic N) is 1. The van der Waals surface area contributed by atoms with Crippen molar-refractivity contribution in [2.45, 2.75) is 55.9 Å². The highest BCUT2D eigenvalue weighted by molar-refractivity contribution is 7.92. The fourth-order valence-electron chi connectivity index (χ4n) is 4.11. The third kappa shape index (κ3) is 5.27. The molecule has 2 atom stereocenters. The Balaban J connectivity index is 1.94. The van der Waals surface area contributed by atoms with Crippen LogP contribution in [0.2, 0.25) is 0 Å². The van der Waals surface area contributed by atoms with Gasteiger partial charge in [-0.25, -0.2) is 8.42 Å². The Bertz CT molecular complexity index is 1220. The summed E-state index contributed by atoms with van der Waals surface area (Å²) in [7, 11) is -3.84. The number of carbonyl (C=O) groups is 4. The number of hydrogen-bond acceptors (Lipinski definition) is 6. The molecule has 0 saturated heterocycles. The molecule has 2 N–H and O–H groups in total. The van der Waals surface area contributed by atoms with E-state index in [1.807, 2.05) is 0 Å². The van der Waals surface area contributed by atoms with Gasteiger partial charge in [0.1, 0.15) is 0 Å². The number of ketones is 1. The van der Waals surface area contributed by atoms with E-state index in [1.165, 1.54) is 29.2 Å². The van der Waals surface area contributed by atoms with Crippen molar-refractivity contribution in [1.29, 1.82) is 0 Å². The maximum Gasteiger partial charge on any atom is 0.305 e. The molecule has 2 aromatic carbocycles. The highest BCUT2D eigenvalue weighted by atomic mass is 32.2. The predicted molar refractivity (Wildman–Crippen MR) is 128 cm³/mol. The molecule has 1 heterocycles. The molecule has 10 heteroatoms. The number of rotatable bonds is 9. The van der Waals surface area contributed by atoms with Crippen LogP contribution in [0.25, 0.3) is 0 Å². The van der Waals surface area contributed by atoms with Gasteiger partial charge in [0.2, 0.25) is 21.7 Å². The molecule has 2 amide bonds. The van der Waals surface area contributed by atoms with E-state index < -0.39 is 51.8 Å². The van der Waals surface area contributed by atoms with Gasteiger partial charge in [0.25, 0.3) is 0 Å². The second-order valence-corrected chi connectivity index (χ2v) is 10.6. The van der Waals surface area contributed by atoms with Crippen molar-refractivity contribution in [3.05, 3.63) is 48.5 Å².